The minimum atomic E-state index is -4.54. The Bertz CT molecular complexity index is 1010. The molecule has 1 aromatic carbocycles. The molecule has 35 heavy (non-hydrogen) atoms. The van der Waals surface area contributed by atoms with E-state index in [1.54, 1.807) is 12.4 Å². The first-order chi connectivity index (χ1) is 16.6. The maximum absolute atomic E-state index is 12.8. The summed E-state index contributed by atoms with van der Waals surface area (Å²) in [6.07, 6.45) is 0.959. The van der Waals surface area contributed by atoms with Crippen LogP contribution in [0.1, 0.15) is 54.1 Å². The van der Waals surface area contributed by atoms with E-state index in [1.165, 1.54) is 13.2 Å². The highest BCUT2D eigenvalue weighted by atomic mass is 19.4. The summed E-state index contributed by atoms with van der Waals surface area (Å²) in [6, 6.07) is 4.75. The Morgan fingerprint density at radius 1 is 1.17 bits per heavy atom. The van der Waals surface area contributed by atoms with Crippen LogP contribution < -0.4 is 15.4 Å². The lowest BCUT2D eigenvalue weighted by molar-refractivity contribution is -0.137. The highest BCUT2D eigenvalue weighted by molar-refractivity contribution is 5.96. The van der Waals surface area contributed by atoms with Gasteiger partial charge in [0.25, 0.3) is 5.91 Å². The van der Waals surface area contributed by atoms with Crippen molar-refractivity contribution >= 4 is 11.8 Å². The number of methoxy groups -OCH3 is 1. The van der Waals surface area contributed by atoms with Gasteiger partial charge in [0, 0.05) is 37.1 Å². The first kappa shape index (κ1) is 26.4. The molecule has 2 amide bonds. The second-order valence-corrected chi connectivity index (χ2v) is 8.81. The van der Waals surface area contributed by atoms with Crippen LogP contribution in [-0.4, -0.2) is 65.5 Å². The van der Waals surface area contributed by atoms with E-state index in [-0.39, 0.29) is 24.1 Å². The zero-order valence-corrected chi connectivity index (χ0v) is 19.9. The predicted octanol–water partition coefficient (Wildman–Crippen LogP) is 3.01. The fourth-order valence-electron chi connectivity index (χ4n) is 3.87. The molecule has 1 aliphatic heterocycles. The lowest BCUT2D eigenvalue weighted by Gasteiger charge is -2.43. The van der Waals surface area contributed by atoms with Crippen LogP contribution in [-0.2, 0) is 11.0 Å². The summed E-state index contributed by atoms with van der Waals surface area (Å²) in [4.78, 5) is 34.8. The number of nitrogens with one attached hydrogen (secondary N) is 2. The van der Waals surface area contributed by atoms with Gasteiger partial charge in [-0.15, -0.1) is 0 Å². The maximum atomic E-state index is 12.8. The molecule has 8 nitrogen and oxygen atoms in total. The van der Waals surface area contributed by atoms with Crippen molar-refractivity contribution in [1.29, 1.82) is 0 Å². The topological polar surface area (TPSA) is 96.5 Å². The Balaban J connectivity index is 1.35. The number of alkyl halides is 3. The number of amides is 2. The summed E-state index contributed by atoms with van der Waals surface area (Å²) in [7, 11) is 1.53. The fourth-order valence-corrected chi connectivity index (χ4v) is 3.87. The quantitative estimate of drug-likeness (QED) is 0.528. The van der Waals surface area contributed by atoms with Crippen LogP contribution in [0.5, 0.6) is 6.01 Å². The van der Waals surface area contributed by atoms with Crippen LogP contribution in [0.25, 0.3) is 0 Å². The van der Waals surface area contributed by atoms with Gasteiger partial charge >= 0.3 is 12.2 Å². The van der Waals surface area contributed by atoms with Gasteiger partial charge in [-0.25, -0.2) is 9.97 Å². The molecule has 0 radical (unpaired) electrons. The van der Waals surface area contributed by atoms with Gasteiger partial charge in [-0.3, -0.25) is 14.5 Å². The number of carbonyl (C=O) groups excluding carboxylic acids is 2. The molecule has 11 heteroatoms. The highest BCUT2D eigenvalue weighted by Crippen LogP contribution is 2.29. The number of carbonyl (C=O) groups is 2. The van der Waals surface area contributed by atoms with E-state index in [9.17, 15) is 22.8 Å². The largest absolute Gasteiger partial charge is 0.467 e. The van der Waals surface area contributed by atoms with Crippen molar-refractivity contribution in [2.24, 2.45) is 0 Å². The Morgan fingerprint density at radius 3 is 2.49 bits per heavy atom. The molecule has 0 aliphatic carbocycles. The smallest absolute Gasteiger partial charge is 0.416 e. The van der Waals surface area contributed by atoms with Crippen molar-refractivity contribution in [3.8, 4) is 6.01 Å². The highest BCUT2D eigenvalue weighted by Gasteiger charge is 2.32. The van der Waals surface area contributed by atoms with Crippen LogP contribution in [0, 0.1) is 0 Å². The molecule has 190 valence electrons. The Morgan fingerprint density at radius 2 is 1.86 bits per heavy atom. The second-order valence-electron chi connectivity index (χ2n) is 8.81. The number of nitrogens with zero attached hydrogens (tertiary/aromatic N) is 3. The van der Waals surface area contributed by atoms with Crippen molar-refractivity contribution in [3.05, 3.63) is 53.3 Å². The average molecular weight is 494 g/mol. The second kappa shape index (κ2) is 11.5. The lowest BCUT2D eigenvalue weighted by Crippen LogP contribution is -2.62. The van der Waals surface area contributed by atoms with Gasteiger partial charge in [0.05, 0.1) is 25.3 Å². The third kappa shape index (κ3) is 7.38. The molecule has 1 fully saturated rings. The summed E-state index contributed by atoms with van der Waals surface area (Å²) in [5.74, 6) is -0.803. The summed E-state index contributed by atoms with van der Waals surface area (Å²) < 4.78 is 43.4. The molecule has 2 heterocycles. The first-order valence-electron chi connectivity index (χ1n) is 11.4. The minimum Gasteiger partial charge on any atom is -0.467 e. The Labute approximate surface area is 202 Å². The minimum absolute atomic E-state index is 0.0252. The van der Waals surface area contributed by atoms with Crippen molar-refractivity contribution in [3.63, 3.8) is 0 Å². The van der Waals surface area contributed by atoms with Gasteiger partial charge in [0.1, 0.15) is 0 Å². The predicted molar refractivity (Wildman–Crippen MR) is 123 cm³/mol. The summed E-state index contributed by atoms with van der Waals surface area (Å²) in [5.41, 5.74) is -0.00404. The Hall–Kier alpha value is -3.21. The summed E-state index contributed by atoms with van der Waals surface area (Å²) in [6.45, 7) is 5.38. The summed E-state index contributed by atoms with van der Waals surface area (Å²) in [5, 5.41) is 5.21. The zero-order chi connectivity index (χ0) is 25.6. The van der Waals surface area contributed by atoms with Crippen molar-refractivity contribution in [2.45, 2.75) is 50.9 Å². The number of likely N-dealkylation sites (tertiary alicyclic amines) is 1. The molecule has 1 saturated heterocycles. The van der Waals surface area contributed by atoms with Crippen LogP contribution in [0.4, 0.5) is 13.2 Å². The van der Waals surface area contributed by atoms with E-state index < -0.39 is 17.6 Å². The van der Waals surface area contributed by atoms with E-state index in [4.69, 9.17) is 4.74 Å². The normalized spacial score (nSPS) is 16.2. The van der Waals surface area contributed by atoms with Crippen molar-refractivity contribution in [1.82, 2.24) is 25.5 Å². The van der Waals surface area contributed by atoms with Gasteiger partial charge < -0.3 is 15.4 Å². The van der Waals surface area contributed by atoms with Gasteiger partial charge in [0.15, 0.2) is 0 Å². The van der Waals surface area contributed by atoms with Crippen LogP contribution in [0.15, 0.2) is 36.7 Å². The van der Waals surface area contributed by atoms with Gasteiger partial charge in [-0.1, -0.05) is 13.0 Å². The summed E-state index contributed by atoms with van der Waals surface area (Å²) >= 11 is 0. The molecule has 1 aromatic heterocycles. The fraction of sp³-hybridized carbons (Fsp3) is 0.500. The standard InChI is InChI=1S/C24H30F3N5O3/c1-15(18-10-29-23(35-3)30-11-18)7-8-16(2)32-13-20(14-32)31-21(33)12-28-22(34)17-5-4-6-19(9-17)24(25,26)27/h4-6,9-11,15-16,20H,7-8,12-14H2,1-3H3,(H,28,34)(H,31,33)/t15?,16-/m0/s1. The monoisotopic (exact) mass is 493 g/mol. The number of aromatic nitrogens is 2. The molecule has 0 spiro atoms. The number of hydrogen-bond acceptors (Lipinski definition) is 6. The van der Waals surface area contributed by atoms with E-state index >= 15 is 0 Å². The van der Waals surface area contributed by atoms with Gasteiger partial charge in [0.2, 0.25) is 5.91 Å². The van der Waals surface area contributed by atoms with Gasteiger partial charge in [-0.05, 0) is 49.4 Å². The van der Waals surface area contributed by atoms with Crippen LogP contribution >= 0.6 is 0 Å². The third-order valence-electron chi connectivity index (χ3n) is 6.18. The first-order valence-corrected chi connectivity index (χ1v) is 11.4. The average Bonchev–Trinajstić information content (AvgIpc) is 2.82. The van der Waals surface area contributed by atoms with Crippen molar-refractivity contribution < 1.29 is 27.5 Å². The van der Waals surface area contributed by atoms with E-state index in [1.807, 2.05) is 0 Å². The number of rotatable bonds is 10. The van der Waals surface area contributed by atoms with Crippen LogP contribution in [0.2, 0.25) is 0 Å². The molecular formula is C24H30F3N5O3. The molecule has 2 aromatic rings. The maximum Gasteiger partial charge on any atom is 0.416 e. The third-order valence-corrected chi connectivity index (χ3v) is 6.18. The Kier molecular flexibility index (Phi) is 8.66. The molecule has 0 bridgehead atoms. The molecule has 2 atom stereocenters. The van der Waals surface area contributed by atoms with Crippen LogP contribution in [0.3, 0.4) is 0 Å². The molecule has 2 N–H and O–H groups in total. The SMILES string of the molecule is COc1ncc(C(C)CC[C@H](C)N2CC(NC(=O)CNC(=O)c3cccc(C(F)(F)F)c3)C2)cn1. The number of ether oxygens (including phenoxy) is 1. The number of benzene rings is 1. The molecule has 1 unspecified atom stereocenters. The number of halogens is 3. The molecule has 3 rings (SSSR count). The van der Waals surface area contributed by atoms with E-state index in [0.717, 1.165) is 36.6 Å². The molecular weight excluding hydrogens is 463 g/mol. The zero-order valence-electron chi connectivity index (χ0n) is 19.9. The lowest BCUT2D eigenvalue weighted by atomic mass is 9.94. The van der Waals surface area contributed by atoms with E-state index in [2.05, 4.69) is 39.3 Å². The van der Waals surface area contributed by atoms with E-state index in [0.29, 0.717) is 31.1 Å². The van der Waals surface area contributed by atoms with Crippen molar-refractivity contribution in [2.75, 3.05) is 26.7 Å². The molecule has 1 aliphatic rings. The van der Waals surface area contributed by atoms with Gasteiger partial charge in [-0.2, -0.15) is 13.2 Å². The number of hydrogen-bond donors (Lipinski definition) is 2. The molecule has 0 saturated carbocycles.